The summed E-state index contributed by atoms with van der Waals surface area (Å²) in [5.41, 5.74) is -0.406. The number of rotatable bonds is 4. The number of carbonyl (C=O) groups is 2. The smallest absolute Gasteiger partial charge is 0.311 e. The van der Waals surface area contributed by atoms with Crippen LogP contribution in [0, 0.1) is 17.3 Å². The van der Waals surface area contributed by atoms with E-state index in [2.05, 4.69) is 0 Å². The van der Waals surface area contributed by atoms with Gasteiger partial charge in [-0.05, 0) is 51.4 Å². The standard InChI is InChI=1S/C15H24O4/c1-4-15(2,3)14(17)18-9-11-5-10-6-12(7-11)19-13(16)8-10/h10-12H,4-9H2,1-3H3. The molecule has 1 aliphatic heterocycles. The minimum absolute atomic E-state index is 0.0443. The summed E-state index contributed by atoms with van der Waals surface area (Å²) in [4.78, 5) is 23.2. The fourth-order valence-electron chi connectivity index (χ4n) is 2.91. The molecule has 2 bridgehead atoms. The highest BCUT2D eigenvalue weighted by Crippen LogP contribution is 2.37. The maximum Gasteiger partial charge on any atom is 0.311 e. The first kappa shape index (κ1) is 14.4. The molecule has 0 spiro atoms. The van der Waals surface area contributed by atoms with Crippen LogP contribution in [-0.4, -0.2) is 24.6 Å². The average Bonchev–Trinajstić information content (AvgIpc) is 2.34. The van der Waals surface area contributed by atoms with Crippen LogP contribution >= 0.6 is 0 Å². The Kier molecular flexibility index (Phi) is 4.16. The van der Waals surface area contributed by atoms with Crippen LogP contribution in [0.25, 0.3) is 0 Å². The molecule has 0 aromatic carbocycles. The second kappa shape index (κ2) is 5.51. The molecule has 2 fully saturated rings. The Hall–Kier alpha value is -1.06. The van der Waals surface area contributed by atoms with Crippen LogP contribution in [0.4, 0.5) is 0 Å². The van der Waals surface area contributed by atoms with Gasteiger partial charge in [-0.25, -0.2) is 0 Å². The summed E-state index contributed by atoms with van der Waals surface area (Å²) in [7, 11) is 0. The molecule has 0 radical (unpaired) electrons. The summed E-state index contributed by atoms with van der Waals surface area (Å²) in [6, 6.07) is 0. The maximum atomic E-state index is 11.9. The van der Waals surface area contributed by atoms with E-state index in [9.17, 15) is 9.59 Å². The van der Waals surface area contributed by atoms with Crippen LogP contribution in [0.5, 0.6) is 0 Å². The molecule has 2 aliphatic rings. The second-order valence-electron chi connectivity index (χ2n) is 6.59. The first-order valence-corrected chi connectivity index (χ1v) is 7.27. The van der Waals surface area contributed by atoms with Crippen molar-refractivity contribution in [1.29, 1.82) is 0 Å². The molecular formula is C15H24O4. The van der Waals surface area contributed by atoms with E-state index in [1.54, 1.807) is 0 Å². The van der Waals surface area contributed by atoms with Crippen molar-refractivity contribution >= 4 is 11.9 Å². The van der Waals surface area contributed by atoms with Crippen molar-refractivity contribution in [2.24, 2.45) is 17.3 Å². The second-order valence-corrected chi connectivity index (χ2v) is 6.59. The van der Waals surface area contributed by atoms with Crippen LogP contribution in [0.3, 0.4) is 0 Å². The molecule has 4 nitrogen and oxygen atoms in total. The fraction of sp³-hybridized carbons (Fsp3) is 0.867. The highest BCUT2D eigenvalue weighted by molar-refractivity contribution is 5.75. The van der Waals surface area contributed by atoms with Crippen LogP contribution in [-0.2, 0) is 19.1 Å². The third kappa shape index (κ3) is 3.48. The molecule has 2 rings (SSSR count). The fourth-order valence-corrected chi connectivity index (χ4v) is 2.91. The molecule has 1 aliphatic carbocycles. The van der Waals surface area contributed by atoms with Crippen LogP contribution in [0.15, 0.2) is 0 Å². The van der Waals surface area contributed by atoms with Crippen molar-refractivity contribution in [3.8, 4) is 0 Å². The zero-order chi connectivity index (χ0) is 14.0. The van der Waals surface area contributed by atoms with Gasteiger partial charge in [-0.3, -0.25) is 9.59 Å². The van der Waals surface area contributed by atoms with Crippen LogP contribution in [0.1, 0.15) is 52.9 Å². The molecule has 1 heterocycles. The Balaban J connectivity index is 1.82. The number of esters is 2. The van der Waals surface area contributed by atoms with Gasteiger partial charge in [0.15, 0.2) is 0 Å². The molecule has 108 valence electrons. The third-order valence-electron chi connectivity index (χ3n) is 4.50. The molecule has 3 atom stereocenters. The monoisotopic (exact) mass is 268 g/mol. The molecule has 0 aromatic rings. The quantitative estimate of drug-likeness (QED) is 0.736. The molecule has 3 unspecified atom stereocenters. The summed E-state index contributed by atoms with van der Waals surface area (Å²) in [6.45, 7) is 6.28. The van der Waals surface area contributed by atoms with Gasteiger partial charge < -0.3 is 9.47 Å². The van der Waals surface area contributed by atoms with Crippen molar-refractivity contribution in [2.45, 2.75) is 59.0 Å². The zero-order valence-electron chi connectivity index (χ0n) is 12.1. The summed E-state index contributed by atoms with van der Waals surface area (Å²) >= 11 is 0. The van der Waals surface area contributed by atoms with Crippen LogP contribution < -0.4 is 0 Å². The van der Waals surface area contributed by atoms with Gasteiger partial charge in [0.05, 0.1) is 12.0 Å². The Morgan fingerprint density at radius 3 is 2.74 bits per heavy atom. The zero-order valence-corrected chi connectivity index (χ0v) is 12.1. The number of hydrogen-bond acceptors (Lipinski definition) is 4. The van der Waals surface area contributed by atoms with Gasteiger partial charge in [0.2, 0.25) is 0 Å². The number of hydrogen-bond donors (Lipinski definition) is 0. The van der Waals surface area contributed by atoms with Gasteiger partial charge in [0.25, 0.3) is 0 Å². The van der Waals surface area contributed by atoms with E-state index in [0.29, 0.717) is 24.9 Å². The van der Waals surface area contributed by atoms with Gasteiger partial charge >= 0.3 is 11.9 Å². The molecule has 0 amide bonds. The summed E-state index contributed by atoms with van der Waals surface area (Å²) in [5, 5.41) is 0. The topological polar surface area (TPSA) is 52.6 Å². The normalized spacial score (nSPS) is 30.7. The first-order chi connectivity index (χ1) is 8.90. The van der Waals surface area contributed by atoms with Crippen molar-refractivity contribution < 1.29 is 19.1 Å². The molecule has 1 saturated carbocycles. The lowest BCUT2D eigenvalue weighted by Crippen LogP contribution is -2.38. The molecule has 19 heavy (non-hydrogen) atoms. The van der Waals surface area contributed by atoms with Gasteiger partial charge in [-0.1, -0.05) is 6.92 Å². The molecule has 1 saturated heterocycles. The highest BCUT2D eigenvalue weighted by atomic mass is 16.5. The molecule has 4 heteroatoms. The number of fused-ring (bicyclic) bond motifs is 2. The van der Waals surface area contributed by atoms with Gasteiger partial charge in [-0.2, -0.15) is 0 Å². The van der Waals surface area contributed by atoms with Gasteiger partial charge in [0, 0.05) is 6.42 Å². The summed E-state index contributed by atoms with van der Waals surface area (Å²) in [5.74, 6) is 0.572. The largest absolute Gasteiger partial charge is 0.465 e. The average molecular weight is 268 g/mol. The lowest BCUT2D eigenvalue weighted by molar-refractivity contribution is -0.166. The van der Waals surface area contributed by atoms with Crippen molar-refractivity contribution in [1.82, 2.24) is 0 Å². The highest BCUT2D eigenvalue weighted by Gasteiger charge is 2.37. The first-order valence-electron chi connectivity index (χ1n) is 7.27. The van der Waals surface area contributed by atoms with E-state index in [1.807, 2.05) is 20.8 Å². The van der Waals surface area contributed by atoms with E-state index < -0.39 is 5.41 Å². The number of carbonyl (C=O) groups excluding carboxylic acids is 2. The van der Waals surface area contributed by atoms with E-state index >= 15 is 0 Å². The van der Waals surface area contributed by atoms with E-state index in [0.717, 1.165) is 25.7 Å². The van der Waals surface area contributed by atoms with Crippen molar-refractivity contribution in [3.63, 3.8) is 0 Å². The predicted molar refractivity (Wildman–Crippen MR) is 70.4 cm³/mol. The van der Waals surface area contributed by atoms with Crippen molar-refractivity contribution in [2.75, 3.05) is 6.61 Å². The Bertz CT molecular complexity index is 345. The minimum Gasteiger partial charge on any atom is -0.465 e. The SMILES string of the molecule is CCC(C)(C)C(=O)OCC1CC2CC(=O)OC(C1)C2. The minimum atomic E-state index is -0.406. The predicted octanol–water partition coefficient (Wildman–Crippen LogP) is 2.70. The molecule has 0 N–H and O–H groups in total. The van der Waals surface area contributed by atoms with E-state index in [-0.39, 0.29) is 18.0 Å². The lowest BCUT2D eigenvalue weighted by Gasteiger charge is -2.38. The summed E-state index contributed by atoms with van der Waals surface area (Å²) < 4.78 is 10.8. The summed E-state index contributed by atoms with van der Waals surface area (Å²) in [6.07, 6.45) is 4.15. The Labute approximate surface area is 114 Å². The van der Waals surface area contributed by atoms with Crippen LogP contribution in [0.2, 0.25) is 0 Å². The maximum absolute atomic E-state index is 11.9. The van der Waals surface area contributed by atoms with Crippen molar-refractivity contribution in [3.05, 3.63) is 0 Å². The lowest BCUT2D eigenvalue weighted by atomic mass is 9.77. The van der Waals surface area contributed by atoms with Gasteiger partial charge in [0.1, 0.15) is 6.10 Å². The Morgan fingerprint density at radius 1 is 1.37 bits per heavy atom. The van der Waals surface area contributed by atoms with E-state index in [4.69, 9.17) is 9.47 Å². The van der Waals surface area contributed by atoms with E-state index in [1.165, 1.54) is 0 Å². The molecule has 0 aromatic heterocycles. The number of ether oxygens (including phenoxy) is 2. The molecular weight excluding hydrogens is 244 g/mol. The third-order valence-corrected chi connectivity index (χ3v) is 4.50. The van der Waals surface area contributed by atoms with Gasteiger partial charge in [-0.15, -0.1) is 0 Å². The Morgan fingerprint density at radius 2 is 2.11 bits per heavy atom.